The zero-order valence-electron chi connectivity index (χ0n) is 11.9. The van der Waals surface area contributed by atoms with Crippen LogP contribution in [0.3, 0.4) is 0 Å². The molecule has 1 amide bonds. The number of methoxy groups -OCH3 is 1. The molecule has 1 saturated carbocycles. The normalized spacial score (nSPS) is 28.0. The van der Waals surface area contributed by atoms with Crippen molar-refractivity contribution in [3.63, 3.8) is 0 Å². The minimum absolute atomic E-state index is 0.103. The van der Waals surface area contributed by atoms with Gasteiger partial charge in [0.2, 0.25) is 17.7 Å². The van der Waals surface area contributed by atoms with Crippen LogP contribution in [0.5, 0.6) is 5.88 Å². The average Bonchev–Trinajstić information content (AvgIpc) is 2.90. The molecule has 1 saturated heterocycles. The molecule has 21 heavy (non-hydrogen) atoms. The first kappa shape index (κ1) is 14.5. The number of carbonyl (C=O) groups excluding carboxylic acids is 1. The van der Waals surface area contributed by atoms with Gasteiger partial charge in [-0.1, -0.05) is 24.4 Å². The lowest BCUT2D eigenvalue weighted by molar-refractivity contribution is -0.117. The molecule has 1 aromatic rings. The first-order chi connectivity index (χ1) is 10.2. The van der Waals surface area contributed by atoms with E-state index in [-0.39, 0.29) is 23.1 Å². The fourth-order valence-corrected chi connectivity index (χ4v) is 3.45. The highest BCUT2D eigenvalue weighted by molar-refractivity contribution is 6.29. The highest BCUT2D eigenvalue weighted by atomic mass is 35.5. The molecule has 3 rings (SSSR count). The lowest BCUT2D eigenvalue weighted by Crippen LogP contribution is -2.40. The first-order valence-electron chi connectivity index (χ1n) is 7.31. The summed E-state index contributed by atoms with van der Waals surface area (Å²) < 4.78 is 5.02. The van der Waals surface area contributed by atoms with Crippen molar-refractivity contribution in [1.82, 2.24) is 15.3 Å². The number of halogens is 1. The number of anilines is 1. The third kappa shape index (κ3) is 3.27. The second-order valence-electron chi connectivity index (χ2n) is 5.65. The molecular weight excluding hydrogens is 292 g/mol. The topological polar surface area (TPSA) is 76.1 Å². The minimum atomic E-state index is -0.174. The summed E-state index contributed by atoms with van der Waals surface area (Å²) in [4.78, 5) is 20.4. The van der Waals surface area contributed by atoms with Crippen molar-refractivity contribution in [2.75, 3.05) is 12.4 Å². The third-order valence-corrected chi connectivity index (χ3v) is 4.49. The molecule has 2 heterocycles. The predicted octanol–water partition coefficient (Wildman–Crippen LogP) is 2.00. The van der Waals surface area contributed by atoms with Crippen molar-refractivity contribution in [3.05, 3.63) is 11.2 Å². The van der Waals surface area contributed by atoms with Crippen LogP contribution in [0, 0.1) is 5.92 Å². The molecule has 2 N–H and O–H groups in total. The van der Waals surface area contributed by atoms with Crippen LogP contribution in [0.2, 0.25) is 5.15 Å². The van der Waals surface area contributed by atoms with Crippen LogP contribution >= 0.6 is 11.6 Å². The Kier molecular flexibility index (Phi) is 4.26. The van der Waals surface area contributed by atoms with Crippen molar-refractivity contribution in [2.24, 2.45) is 5.92 Å². The van der Waals surface area contributed by atoms with E-state index in [4.69, 9.17) is 16.3 Å². The molecular formula is C14H19ClN4O2. The van der Waals surface area contributed by atoms with Crippen LogP contribution in [0.25, 0.3) is 0 Å². The number of aromatic nitrogens is 2. The number of amides is 1. The average molecular weight is 311 g/mol. The SMILES string of the molecule is COc1cc(Cl)nc(NC(=O)C2CC3CCCCC3N2)n1. The fraction of sp³-hybridized carbons (Fsp3) is 0.643. The number of rotatable bonds is 3. The summed E-state index contributed by atoms with van der Waals surface area (Å²) in [6.45, 7) is 0. The van der Waals surface area contributed by atoms with Gasteiger partial charge < -0.3 is 10.1 Å². The Morgan fingerprint density at radius 1 is 1.43 bits per heavy atom. The zero-order valence-corrected chi connectivity index (χ0v) is 12.7. The van der Waals surface area contributed by atoms with Gasteiger partial charge in [0.05, 0.1) is 13.2 Å². The van der Waals surface area contributed by atoms with Crippen molar-refractivity contribution in [2.45, 2.75) is 44.2 Å². The second-order valence-corrected chi connectivity index (χ2v) is 6.04. The summed E-state index contributed by atoms with van der Waals surface area (Å²) in [6.07, 6.45) is 5.77. The number of nitrogens with one attached hydrogen (secondary N) is 2. The van der Waals surface area contributed by atoms with Crippen molar-refractivity contribution in [1.29, 1.82) is 0 Å². The summed E-state index contributed by atoms with van der Waals surface area (Å²) in [6, 6.07) is 1.80. The molecule has 0 bridgehead atoms. The van der Waals surface area contributed by atoms with Crippen LogP contribution in [-0.4, -0.2) is 35.1 Å². The minimum Gasteiger partial charge on any atom is -0.481 e. The molecule has 0 spiro atoms. The van der Waals surface area contributed by atoms with Gasteiger partial charge in [-0.05, 0) is 25.2 Å². The highest BCUT2D eigenvalue weighted by Gasteiger charge is 2.38. The van der Waals surface area contributed by atoms with E-state index < -0.39 is 0 Å². The van der Waals surface area contributed by atoms with Crippen LogP contribution in [0.1, 0.15) is 32.1 Å². The fourth-order valence-electron chi connectivity index (χ4n) is 3.28. The van der Waals surface area contributed by atoms with E-state index in [0.717, 1.165) is 12.8 Å². The number of nitrogens with zero attached hydrogens (tertiary/aromatic N) is 2. The molecule has 3 atom stereocenters. The van der Waals surface area contributed by atoms with E-state index in [0.29, 0.717) is 17.8 Å². The van der Waals surface area contributed by atoms with Gasteiger partial charge in [0.25, 0.3) is 0 Å². The van der Waals surface area contributed by atoms with E-state index in [9.17, 15) is 4.79 Å². The highest BCUT2D eigenvalue weighted by Crippen LogP contribution is 2.33. The van der Waals surface area contributed by atoms with Gasteiger partial charge >= 0.3 is 0 Å². The van der Waals surface area contributed by atoms with Gasteiger partial charge in [0, 0.05) is 12.1 Å². The maximum Gasteiger partial charge on any atom is 0.243 e. The van der Waals surface area contributed by atoms with Crippen LogP contribution in [0.15, 0.2) is 6.07 Å². The van der Waals surface area contributed by atoms with Gasteiger partial charge in [-0.3, -0.25) is 10.1 Å². The molecule has 2 aliphatic rings. The van der Waals surface area contributed by atoms with E-state index in [2.05, 4.69) is 20.6 Å². The van der Waals surface area contributed by atoms with Gasteiger partial charge in [-0.15, -0.1) is 0 Å². The Morgan fingerprint density at radius 3 is 3.00 bits per heavy atom. The summed E-state index contributed by atoms with van der Waals surface area (Å²) in [5, 5.41) is 6.39. The van der Waals surface area contributed by atoms with Crippen LogP contribution in [-0.2, 0) is 4.79 Å². The van der Waals surface area contributed by atoms with Gasteiger partial charge in [0.1, 0.15) is 5.15 Å². The smallest absolute Gasteiger partial charge is 0.243 e. The molecule has 6 nitrogen and oxygen atoms in total. The Balaban J connectivity index is 1.65. The number of carbonyl (C=O) groups is 1. The van der Waals surface area contributed by atoms with E-state index in [1.807, 2.05) is 0 Å². The number of fused-ring (bicyclic) bond motifs is 1. The summed E-state index contributed by atoms with van der Waals surface area (Å²) in [5.74, 6) is 1.03. The molecule has 1 aliphatic heterocycles. The monoisotopic (exact) mass is 310 g/mol. The molecule has 1 aliphatic carbocycles. The Bertz CT molecular complexity index is 526. The Labute approximate surface area is 128 Å². The predicted molar refractivity (Wildman–Crippen MR) is 79.5 cm³/mol. The van der Waals surface area contributed by atoms with Crippen molar-refractivity contribution in [3.8, 4) is 5.88 Å². The molecule has 114 valence electrons. The van der Waals surface area contributed by atoms with Crippen LogP contribution in [0.4, 0.5) is 5.95 Å². The van der Waals surface area contributed by atoms with Gasteiger partial charge in [-0.25, -0.2) is 4.98 Å². The second kappa shape index (κ2) is 6.15. The number of ether oxygens (including phenoxy) is 1. The van der Waals surface area contributed by atoms with E-state index in [1.165, 1.54) is 32.4 Å². The largest absolute Gasteiger partial charge is 0.481 e. The van der Waals surface area contributed by atoms with E-state index >= 15 is 0 Å². The summed E-state index contributed by atoms with van der Waals surface area (Å²) >= 11 is 5.87. The maximum atomic E-state index is 12.3. The lowest BCUT2D eigenvalue weighted by atomic mass is 9.85. The first-order valence-corrected chi connectivity index (χ1v) is 7.69. The summed E-state index contributed by atoms with van der Waals surface area (Å²) in [5.41, 5.74) is 0. The van der Waals surface area contributed by atoms with Crippen molar-refractivity contribution >= 4 is 23.5 Å². The zero-order chi connectivity index (χ0) is 14.8. The van der Waals surface area contributed by atoms with Crippen LogP contribution < -0.4 is 15.4 Å². The molecule has 0 aromatic carbocycles. The van der Waals surface area contributed by atoms with Gasteiger partial charge in [-0.2, -0.15) is 4.98 Å². The molecule has 7 heteroatoms. The number of hydrogen-bond acceptors (Lipinski definition) is 5. The Hall–Kier alpha value is -1.40. The molecule has 3 unspecified atom stereocenters. The third-order valence-electron chi connectivity index (χ3n) is 4.29. The number of hydrogen-bond donors (Lipinski definition) is 2. The van der Waals surface area contributed by atoms with Crippen molar-refractivity contribution < 1.29 is 9.53 Å². The molecule has 2 fully saturated rings. The standard InChI is InChI=1S/C14H19ClN4O2/c1-21-12-7-11(15)17-14(18-12)19-13(20)10-6-8-4-2-3-5-9(8)16-10/h7-10,16H,2-6H2,1H3,(H,17,18,19,20). The van der Waals surface area contributed by atoms with Gasteiger partial charge in [0.15, 0.2) is 0 Å². The molecule has 0 radical (unpaired) electrons. The maximum absolute atomic E-state index is 12.3. The van der Waals surface area contributed by atoms with E-state index in [1.54, 1.807) is 0 Å². The molecule has 1 aromatic heterocycles. The summed E-state index contributed by atoms with van der Waals surface area (Å²) in [7, 11) is 1.49. The quantitative estimate of drug-likeness (QED) is 0.835. The lowest BCUT2D eigenvalue weighted by Gasteiger charge is -2.24. The Morgan fingerprint density at radius 2 is 2.24 bits per heavy atom.